The average Bonchev–Trinajstić information content (AvgIpc) is 3.15. The predicted octanol–water partition coefficient (Wildman–Crippen LogP) is 3.48. The lowest BCUT2D eigenvalue weighted by Gasteiger charge is -2.40. The fourth-order valence-electron chi connectivity index (χ4n) is 3.27. The minimum absolute atomic E-state index is 0.0425. The maximum Gasteiger partial charge on any atom is 0.289 e. The van der Waals surface area contributed by atoms with Crippen LogP contribution in [0.2, 0.25) is 0 Å². The Kier molecular flexibility index (Phi) is 5.43. The molecule has 0 radical (unpaired) electrons. The number of ether oxygens (including phenoxy) is 1. The van der Waals surface area contributed by atoms with Crippen molar-refractivity contribution in [2.45, 2.75) is 32.8 Å². The summed E-state index contributed by atoms with van der Waals surface area (Å²) in [4.78, 5) is 14.6. The Morgan fingerprint density at radius 3 is 2.60 bits per heavy atom. The van der Waals surface area contributed by atoms with Crippen LogP contribution in [0.25, 0.3) is 0 Å². The minimum Gasteiger partial charge on any atom is -0.489 e. The van der Waals surface area contributed by atoms with Gasteiger partial charge in [0.1, 0.15) is 12.4 Å². The molecule has 25 heavy (non-hydrogen) atoms. The lowest BCUT2D eigenvalue weighted by Crippen LogP contribution is -2.44. The smallest absolute Gasteiger partial charge is 0.289 e. The Morgan fingerprint density at radius 1 is 1.24 bits per heavy atom. The fraction of sp³-hybridized carbons (Fsp3) is 0.450. The molecule has 3 rings (SSSR count). The zero-order valence-electron chi connectivity index (χ0n) is 14.6. The predicted molar refractivity (Wildman–Crippen MR) is 94.4 cm³/mol. The average molecular weight is 343 g/mol. The number of hydrogen-bond donors (Lipinski definition) is 1. The summed E-state index contributed by atoms with van der Waals surface area (Å²) in [7, 11) is 0. The van der Waals surface area contributed by atoms with Crippen LogP contribution in [-0.4, -0.2) is 35.6 Å². The SMILES string of the molecule is CCC1(CO)CCN(C(=O)c2occc2COc2ccccc2)CC1. The largest absolute Gasteiger partial charge is 0.489 e. The molecule has 0 unspecified atom stereocenters. The number of carbonyl (C=O) groups excluding carboxylic acids is 1. The summed E-state index contributed by atoms with van der Waals surface area (Å²) in [5, 5.41) is 9.63. The number of benzene rings is 1. The monoisotopic (exact) mass is 343 g/mol. The summed E-state index contributed by atoms with van der Waals surface area (Å²) in [5.41, 5.74) is 0.711. The van der Waals surface area contributed by atoms with Crippen LogP contribution in [0.1, 0.15) is 42.3 Å². The van der Waals surface area contributed by atoms with Crippen LogP contribution in [0.5, 0.6) is 5.75 Å². The highest BCUT2D eigenvalue weighted by Gasteiger charge is 2.35. The molecule has 0 atom stereocenters. The van der Waals surface area contributed by atoms with Crippen molar-refractivity contribution in [1.29, 1.82) is 0 Å². The van der Waals surface area contributed by atoms with Crippen molar-refractivity contribution in [3.8, 4) is 5.75 Å². The molecule has 134 valence electrons. The Labute approximate surface area is 148 Å². The molecular weight excluding hydrogens is 318 g/mol. The molecule has 5 nitrogen and oxygen atoms in total. The van der Waals surface area contributed by atoms with E-state index in [1.807, 2.05) is 35.2 Å². The summed E-state index contributed by atoms with van der Waals surface area (Å²) >= 11 is 0. The number of nitrogens with zero attached hydrogens (tertiary/aromatic N) is 1. The molecule has 5 heteroatoms. The molecule has 1 amide bonds. The van der Waals surface area contributed by atoms with E-state index >= 15 is 0 Å². The van der Waals surface area contributed by atoms with Crippen LogP contribution in [0, 0.1) is 5.41 Å². The third-order valence-corrected chi connectivity index (χ3v) is 5.28. The molecule has 1 saturated heterocycles. The van der Waals surface area contributed by atoms with E-state index in [0.717, 1.165) is 30.6 Å². The summed E-state index contributed by atoms with van der Waals surface area (Å²) in [6.45, 7) is 3.87. The van der Waals surface area contributed by atoms with E-state index in [2.05, 4.69) is 6.92 Å². The first-order chi connectivity index (χ1) is 12.2. The van der Waals surface area contributed by atoms with Crippen LogP contribution in [0.15, 0.2) is 47.1 Å². The maximum absolute atomic E-state index is 12.8. The van der Waals surface area contributed by atoms with Crippen molar-refractivity contribution in [3.63, 3.8) is 0 Å². The standard InChI is InChI=1S/C20H25NO4/c1-2-20(15-22)9-11-21(12-10-20)19(23)18-16(8-13-24-18)14-25-17-6-4-3-5-7-17/h3-8,13,22H,2,9-12,14-15H2,1H3. The lowest BCUT2D eigenvalue weighted by atomic mass is 9.77. The van der Waals surface area contributed by atoms with Crippen molar-refractivity contribution >= 4 is 5.91 Å². The van der Waals surface area contributed by atoms with Gasteiger partial charge in [-0.1, -0.05) is 25.1 Å². The van der Waals surface area contributed by atoms with Crippen molar-refractivity contribution in [2.24, 2.45) is 5.41 Å². The third-order valence-electron chi connectivity index (χ3n) is 5.28. The molecule has 1 aromatic heterocycles. The number of amides is 1. The van der Waals surface area contributed by atoms with Crippen molar-refractivity contribution < 1.29 is 19.1 Å². The summed E-state index contributed by atoms with van der Waals surface area (Å²) in [5.74, 6) is 1.01. The first-order valence-corrected chi connectivity index (χ1v) is 8.82. The van der Waals surface area contributed by atoms with Gasteiger partial charge in [0.25, 0.3) is 5.91 Å². The molecular formula is C20H25NO4. The van der Waals surface area contributed by atoms with Crippen molar-refractivity contribution in [3.05, 3.63) is 54.0 Å². The molecule has 2 aromatic rings. The quantitative estimate of drug-likeness (QED) is 0.872. The van der Waals surface area contributed by atoms with Crippen LogP contribution in [0.3, 0.4) is 0 Å². The van der Waals surface area contributed by atoms with E-state index < -0.39 is 0 Å². The molecule has 1 aliphatic rings. The lowest BCUT2D eigenvalue weighted by molar-refractivity contribution is 0.0318. The summed E-state index contributed by atoms with van der Waals surface area (Å²) < 4.78 is 11.2. The van der Waals surface area contributed by atoms with Gasteiger partial charge in [-0.25, -0.2) is 0 Å². The summed E-state index contributed by atoms with van der Waals surface area (Å²) in [6.07, 6.45) is 4.11. The highest BCUT2D eigenvalue weighted by molar-refractivity contribution is 5.93. The first-order valence-electron chi connectivity index (χ1n) is 8.82. The Morgan fingerprint density at radius 2 is 1.96 bits per heavy atom. The van der Waals surface area contributed by atoms with Gasteiger partial charge in [0.2, 0.25) is 0 Å². The zero-order valence-corrected chi connectivity index (χ0v) is 14.6. The van der Waals surface area contributed by atoms with E-state index in [0.29, 0.717) is 25.5 Å². The van der Waals surface area contributed by atoms with Gasteiger partial charge in [-0.05, 0) is 42.9 Å². The van der Waals surface area contributed by atoms with E-state index in [4.69, 9.17) is 9.15 Å². The molecule has 1 aliphatic heterocycles. The van der Waals surface area contributed by atoms with Gasteiger partial charge < -0.3 is 19.2 Å². The van der Waals surface area contributed by atoms with E-state index in [1.165, 1.54) is 6.26 Å². The fourth-order valence-corrected chi connectivity index (χ4v) is 3.27. The van der Waals surface area contributed by atoms with Crippen molar-refractivity contribution in [2.75, 3.05) is 19.7 Å². The van der Waals surface area contributed by atoms with Crippen LogP contribution >= 0.6 is 0 Å². The van der Waals surface area contributed by atoms with Crippen LogP contribution < -0.4 is 4.74 Å². The van der Waals surface area contributed by atoms with E-state index in [9.17, 15) is 9.90 Å². The maximum atomic E-state index is 12.8. The second-order valence-electron chi connectivity index (χ2n) is 6.68. The highest BCUT2D eigenvalue weighted by atomic mass is 16.5. The van der Waals surface area contributed by atoms with Crippen LogP contribution in [0.4, 0.5) is 0 Å². The highest BCUT2D eigenvalue weighted by Crippen LogP contribution is 2.34. The zero-order chi connectivity index (χ0) is 17.7. The molecule has 1 N–H and O–H groups in total. The van der Waals surface area contributed by atoms with Gasteiger partial charge in [-0.15, -0.1) is 0 Å². The number of hydrogen-bond acceptors (Lipinski definition) is 4. The number of aliphatic hydroxyl groups excluding tert-OH is 1. The number of likely N-dealkylation sites (tertiary alicyclic amines) is 1. The second-order valence-corrected chi connectivity index (χ2v) is 6.68. The molecule has 1 fully saturated rings. The number of aliphatic hydroxyl groups is 1. The second kappa shape index (κ2) is 7.74. The number of carbonyl (C=O) groups is 1. The van der Waals surface area contributed by atoms with Gasteiger partial charge in [-0.2, -0.15) is 0 Å². The molecule has 0 saturated carbocycles. The van der Waals surface area contributed by atoms with Gasteiger partial charge in [-0.3, -0.25) is 4.79 Å². The van der Waals surface area contributed by atoms with Gasteiger partial charge in [0.05, 0.1) is 6.26 Å². The molecule has 1 aromatic carbocycles. The Bertz CT molecular complexity index is 681. The number of rotatable bonds is 6. The molecule has 0 bridgehead atoms. The molecule has 0 aliphatic carbocycles. The Hall–Kier alpha value is -2.27. The number of piperidine rings is 1. The number of furan rings is 1. The normalized spacial score (nSPS) is 16.6. The Balaban J connectivity index is 1.63. The summed E-state index contributed by atoms with van der Waals surface area (Å²) in [6, 6.07) is 11.3. The molecule has 2 heterocycles. The van der Waals surface area contributed by atoms with Gasteiger partial charge >= 0.3 is 0 Å². The topological polar surface area (TPSA) is 62.9 Å². The number of para-hydroxylation sites is 1. The van der Waals surface area contributed by atoms with Crippen molar-refractivity contribution in [1.82, 2.24) is 4.90 Å². The van der Waals surface area contributed by atoms with Gasteiger partial charge in [0, 0.05) is 25.3 Å². The molecule has 0 spiro atoms. The minimum atomic E-state index is -0.0979. The van der Waals surface area contributed by atoms with Gasteiger partial charge in [0.15, 0.2) is 5.76 Å². The first kappa shape index (κ1) is 17.5. The van der Waals surface area contributed by atoms with E-state index in [-0.39, 0.29) is 17.9 Å². The van der Waals surface area contributed by atoms with E-state index in [1.54, 1.807) is 6.07 Å². The van der Waals surface area contributed by atoms with Crippen LogP contribution in [-0.2, 0) is 6.61 Å². The third kappa shape index (κ3) is 3.87.